The lowest BCUT2D eigenvalue weighted by atomic mass is 10.1. The molecular weight excluding hydrogens is 324 g/mol. The second-order valence-electron chi connectivity index (χ2n) is 7.27. The number of nitrogens with one attached hydrogen (secondary N) is 1. The van der Waals surface area contributed by atoms with Crippen LogP contribution in [0.1, 0.15) is 30.0 Å². The van der Waals surface area contributed by atoms with Crippen molar-refractivity contribution < 1.29 is 9.59 Å². The lowest BCUT2D eigenvalue weighted by molar-refractivity contribution is -0.123. The first kappa shape index (κ1) is 16.8. The van der Waals surface area contributed by atoms with Gasteiger partial charge in [0.15, 0.2) is 0 Å². The van der Waals surface area contributed by atoms with Crippen LogP contribution < -0.4 is 10.2 Å². The van der Waals surface area contributed by atoms with Gasteiger partial charge < -0.3 is 10.2 Å². The van der Waals surface area contributed by atoms with Crippen molar-refractivity contribution >= 4 is 23.2 Å². The highest BCUT2D eigenvalue weighted by Gasteiger charge is 2.50. The number of fused-ring (bicyclic) bond motifs is 1. The Labute approximate surface area is 154 Å². The fraction of sp³-hybridized carbons (Fsp3) is 0.364. The molecule has 134 valence electrons. The molecule has 4 rings (SSSR count). The molecule has 2 aliphatic rings. The van der Waals surface area contributed by atoms with Gasteiger partial charge >= 0.3 is 0 Å². The Morgan fingerprint density at radius 2 is 1.92 bits per heavy atom. The molecule has 0 bridgehead atoms. The van der Waals surface area contributed by atoms with E-state index in [1.54, 1.807) is 0 Å². The number of benzene rings is 2. The van der Waals surface area contributed by atoms with Crippen LogP contribution in [-0.4, -0.2) is 18.4 Å². The van der Waals surface area contributed by atoms with Crippen molar-refractivity contribution in [3.63, 3.8) is 0 Å². The standard InChI is InChI=1S/C22H24N2O2/c1-3-15-9-6-7-14(2)20(15)23-21(25)17-13-18(17)22(26)24-12-11-16-8-4-5-10-19(16)24/h4-10,17-18H,3,11-13H2,1-2H3,(H,23,25). The smallest absolute Gasteiger partial charge is 0.230 e. The molecule has 1 heterocycles. The molecule has 2 aromatic rings. The summed E-state index contributed by atoms with van der Waals surface area (Å²) in [5.74, 6) is -0.328. The second kappa shape index (κ2) is 6.60. The average molecular weight is 348 g/mol. The molecular formula is C22H24N2O2. The minimum atomic E-state index is -0.209. The first-order valence-electron chi connectivity index (χ1n) is 9.38. The molecule has 26 heavy (non-hydrogen) atoms. The van der Waals surface area contributed by atoms with Crippen LogP contribution in [0.3, 0.4) is 0 Å². The van der Waals surface area contributed by atoms with Gasteiger partial charge in [0.25, 0.3) is 0 Å². The van der Waals surface area contributed by atoms with Crippen LogP contribution in [0.5, 0.6) is 0 Å². The number of aryl methyl sites for hydroxylation is 2. The Morgan fingerprint density at radius 3 is 2.73 bits per heavy atom. The predicted octanol–water partition coefficient (Wildman–Crippen LogP) is 3.72. The largest absolute Gasteiger partial charge is 0.325 e. The van der Waals surface area contributed by atoms with E-state index in [9.17, 15) is 9.59 Å². The highest BCUT2D eigenvalue weighted by atomic mass is 16.2. The maximum atomic E-state index is 12.9. The highest BCUT2D eigenvalue weighted by Crippen LogP contribution is 2.43. The Morgan fingerprint density at radius 1 is 1.12 bits per heavy atom. The van der Waals surface area contributed by atoms with Crippen LogP contribution in [0.2, 0.25) is 0 Å². The molecule has 1 N–H and O–H groups in total. The van der Waals surface area contributed by atoms with Crippen molar-refractivity contribution in [2.45, 2.75) is 33.1 Å². The molecule has 1 aliphatic heterocycles. The van der Waals surface area contributed by atoms with E-state index < -0.39 is 0 Å². The van der Waals surface area contributed by atoms with E-state index in [2.05, 4.69) is 18.3 Å². The Hall–Kier alpha value is -2.62. The summed E-state index contributed by atoms with van der Waals surface area (Å²) in [5.41, 5.74) is 5.33. The normalized spacial score (nSPS) is 20.6. The molecule has 1 fully saturated rings. The van der Waals surface area contributed by atoms with Gasteiger partial charge in [0.2, 0.25) is 11.8 Å². The molecule has 2 atom stereocenters. The van der Waals surface area contributed by atoms with Gasteiger partial charge in [-0.3, -0.25) is 9.59 Å². The Bertz CT molecular complexity index is 874. The van der Waals surface area contributed by atoms with Crippen LogP contribution in [0.25, 0.3) is 0 Å². The first-order valence-corrected chi connectivity index (χ1v) is 9.38. The summed E-state index contributed by atoms with van der Waals surface area (Å²) in [5, 5.41) is 3.08. The van der Waals surface area contributed by atoms with E-state index in [4.69, 9.17) is 0 Å². The molecule has 2 unspecified atom stereocenters. The number of carbonyl (C=O) groups excluding carboxylic acids is 2. The molecule has 2 amide bonds. The number of carbonyl (C=O) groups is 2. The molecule has 0 radical (unpaired) electrons. The van der Waals surface area contributed by atoms with E-state index in [1.165, 1.54) is 5.56 Å². The SMILES string of the molecule is CCc1cccc(C)c1NC(=O)C1CC1C(=O)N1CCc2ccccc21. The zero-order valence-electron chi connectivity index (χ0n) is 15.3. The molecule has 4 nitrogen and oxygen atoms in total. The van der Waals surface area contributed by atoms with Crippen molar-refractivity contribution in [2.24, 2.45) is 11.8 Å². The number of anilines is 2. The van der Waals surface area contributed by atoms with Gasteiger partial charge in [0.05, 0.1) is 11.8 Å². The Balaban J connectivity index is 1.44. The minimum Gasteiger partial charge on any atom is -0.325 e. The number of amides is 2. The topological polar surface area (TPSA) is 49.4 Å². The highest BCUT2D eigenvalue weighted by molar-refractivity contribution is 6.05. The van der Waals surface area contributed by atoms with Crippen LogP contribution >= 0.6 is 0 Å². The number of para-hydroxylation sites is 2. The third kappa shape index (κ3) is 2.90. The average Bonchev–Trinajstić information content (AvgIpc) is 3.35. The molecule has 1 saturated carbocycles. The van der Waals surface area contributed by atoms with Crippen LogP contribution in [0, 0.1) is 18.8 Å². The van der Waals surface area contributed by atoms with Crippen molar-refractivity contribution in [1.82, 2.24) is 0 Å². The molecule has 0 spiro atoms. The van der Waals surface area contributed by atoms with E-state index in [1.807, 2.05) is 48.2 Å². The third-order valence-corrected chi connectivity index (χ3v) is 5.59. The summed E-state index contributed by atoms with van der Waals surface area (Å²) in [6.45, 7) is 4.81. The van der Waals surface area contributed by atoms with Crippen molar-refractivity contribution in [3.05, 3.63) is 59.2 Å². The predicted molar refractivity (Wildman–Crippen MR) is 103 cm³/mol. The van der Waals surface area contributed by atoms with E-state index in [0.717, 1.165) is 41.9 Å². The molecule has 0 saturated heterocycles. The summed E-state index contributed by atoms with van der Waals surface area (Å²) >= 11 is 0. The maximum Gasteiger partial charge on any atom is 0.230 e. The van der Waals surface area contributed by atoms with Crippen LogP contribution in [0.15, 0.2) is 42.5 Å². The molecule has 4 heteroatoms. The fourth-order valence-electron chi connectivity index (χ4n) is 3.94. The summed E-state index contributed by atoms with van der Waals surface area (Å²) in [4.78, 5) is 27.4. The van der Waals surface area contributed by atoms with E-state index in [0.29, 0.717) is 6.42 Å². The van der Waals surface area contributed by atoms with Crippen LogP contribution in [-0.2, 0) is 22.4 Å². The second-order valence-corrected chi connectivity index (χ2v) is 7.27. The molecule has 0 aromatic heterocycles. The van der Waals surface area contributed by atoms with E-state index in [-0.39, 0.29) is 23.7 Å². The zero-order chi connectivity index (χ0) is 18.3. The lowest BCUT2D eigenvalue weighted by Crippen LogP contribution is -2.32. The monoisotopic (exact) mass is 348 g/mol. The zero-order valence-corrected chi connectivity index (χ0v) is 15.3. The van der Waals surface area contributed by atoms with Crippen molar-refractivity contribution in [1.29, 1.82) is 0 Å². The van der Waals surface area contributed by atoms with E-state index >= 15 is 0 Å². The van der Waals surface area contributed by atoms with Gasteiger partial charge in [0, 0.05) is 17.9 Å². The van der Waals surface area contributed by atoms with Crippen LogP contribution in [0.4, 0.5) is 11.4 Å². The number of hydrogen-bond acceptors (Lipinski definition) is 2. The van der Waals surface area contributed by atoms with Gasteiger partial charge in [-0.25, -0.2) is 0 Å². The van der Waals surface area contributed by atoms with Crippen molar-refractivity contribution in [3.8, 4) is 0 Å². The molecule has 2 aromatic carbocycles. The minimum absolute atomic E-state index is 0.0279. The van der Waals surface area contributed by atoms with Gasteiger partial charge in [-0.1, -0.05) is 43.3 Å². The summed E-state index contributed by atoms with van der Waals surface area (Å²) in [6, 6.07) is 14.1. The lowest BCUT2D eigenvalue weighted by Gasteiger charge is -2.17. The van der Waals surface area contributed by atoms with Gasteiger partial charge in [-0.15, -0.1) is 0 Å². The van der Waals surface area contributed by atoms with Gasteiger partial charge in [-0.05, 0) is 48.9 Å². The summed E-state index contributed by atoms with van der Waals surface area (Å²) < 4.78 is 0. The quantitative estimate of drug-likeness (QED) is 0.915. The summed E-state index contributed by atoms with van der Waals surface area (Å²) in [6.07, 6.45) is 2.42. The number of hydrogen-bond donors (Lipinski definition) is 1. The first-order chi connectivity index (χ1) is 12.6. The maximum absolute atomic E-state index is 12.9. The number of nitrogens with zero attached hydrogens (tertiary/aromatic N) is 1. The van der Waals surface area contributed by atoms with Gasteiger partial charge in [0.1, 0.15) is 0 Å². The summed E-state index contributed by atoms with van der Waals surface area (Å²) in [7, 11) is 0. The third-order valence-electron chi connectivity index (χ3n) is 5.59. The molecule has 1 aliphatic carbocycles. The Kier molecular flexibility index (Phi) is 4.27. The van der Waals surface area contributed by atoms with Crippen molar-refractivity contribution in [2.75, 3.05) is 16.8 Å². The van der Waals surface area contributed by atoms with Gasteiger partial charge in [-0.2, -0.15) is 0 Å². The number of rotatable bonds is 4. The fourth-order valence-corrected chi connectivity index (χ4v) is 3.94.